The van der Waals surface area contributed by atoms with Gasteiger partial charge in [0.2, 0.25) is 0 Å². The van der Waals surface area contributed by atoms with E-state index in [0.717, 1.165) is 5.56 Å². The lowest BCUT2D eigenvalue weighted by molar-refractivity contribution is 0.357. The molecule has 98 valence electrons. The van der Waals surface area contributed by atoms with Crippen molar-refractivity contribution in [2.45, 2.75) is 6.04 Å². The molecule has 2 N–H and O–H groups in total. The molecule has 0 aliphatic heterocycles. The third kappa shape index (κ3) is 3.16. The minimum absolute atomic E-state index is 0.299. The van der Waals surface area contributed by atoms with Gasteiger partial charge in [-0.05, 0) is 32.3 Å². The summed E-state index contributed by atoms with van der Waals surface area (Å²) >= 11 is 0. The highest BCUT2D eigenvalue weighted by atomic mass is 16.5. The summed E-state index contributed by atoms with van der Waals surface area (Å²) in [5.74, 6) is 0.840. The summed E-state index contributed by atoms with van der Waals surface area (Å²) in [6.45, 7) is 0.636. The Labute approximate surface area is 111 Å². The van der Waals surface area contributed by atoms with Gasteiger partial charge >= 0.3 is 0 Å². The summed E-state index contributed by atoms with van der Waals surface area (Å²) in [5.41, 5.74) is 7.23. The summed E-state index contributed by atoms with van der Waals surface area (Å²) in [7, 11) is 3.86. The minimum Gasteiger partial charge on any atom is -0.334 e. The molecule has 1 aromatic heterocycles. The van der Waals surface area contributed by atoms with E-state index < -0.39 is 0 Å². The van der Waals surface area contributed by atoms with E-state index in [9.17, 15) is 0 Å². The van der Waals surface area contributed by atoms with Gasteiger partial charge in [0.1, 0.15) is 0 Å². The molecule has 0 radical (unpaired) electrons. The molecule has 0 aliphatic carbocycles. The van der Waals surface area contributed by atoms with Gasteiger partial charge in [-0.25, -0.2) is 0 Å². The number of likely N-dealkylation sites (N-methyl/N-ethyl adjacent to an activating group) is 1. The van der Waals surface area contributed by atoms with Gasteiger partial charge in [0.25, 0.3) is 5.89 Å². The van der Waals surface area contributed by atoms with Crippen molar-refractivity contribution in [1.82, 2.24) is 15.0 Å². The number of hydrogen-bond acceptors (Lipinski definition) is 6. The summed E-state index contributed by atoms with van der Waals surface area (Å²) in [5, 5.41) is 12.7. The highest BCUT2D eigenvalue weighted by Crippen LogP contribution is 2.19. The van der Waals surface area contributed by atoms with Crippen LogP contribution < -0.4 is 5.73 Å². The van der Waals surface area contributed by atoms with Crippen molar-refractivity contribution in [1.29, 1.82) is 5.26 Å². The Morgan fingerprint density at radius 1 is 1.47 bits per heavy atom. The lowest BCUT2D eigenvalue weighted by Gasteiger charge is -2.12. The molecule has 1 aromatic carbocycles. The molecule has 6 nitrogen and oxygen atoms in total. The Morgan fingerprint density at radius 2 is 2.26 bits per heavy atom. The third-order valence-electron chi connectivity index (χ3n) is 2.57. The van der Waals surface area contributed by atoms with Crippen LogP contribution in [0.4, 0.5) is 0 Å². The van der Waals surface area contributed by atoms with Gasteiger partial charge in [-0.1, -0.05) is 11.2 Å². The quantitative estimate of drug-likeness (QED) is 0.883. The third-order valence-corrected chi connectivity index (χ3v) is 2.57. The van der Waals surface area contributed by atoms with E-state index in [4.69, 9.17) is 15.5 Å². The Kier molecular flexibility index (Phi) is 3.90. The minimum atomic E-state index is -0.299. The maximum Gasteiger partial charge on any atom is 0.258 e. The maximum atomic E-state index is 8.86. The topological polar surface area (TPSA) is 92.0 Å². The van der Waals surface area contributed by atoms with E-state index >= 15 is 0 Å². The first-order valence-corrected chi connectivity index (χ1v) is 5.84. The largest absolute Gasteiger partial charge is 0.334 e. The van der Waals surface area contributed by atoms with E-state index in [1.165, 1.54) is 0 Å². The van der Waals surface area contributed by atoms with Crippen molar-refractivity contribution in [2.75, 3.05) is 20.6 Å². The van der Waals surface area contributed by atoms with Crippen LogP contribution in [0.25, 0.3) is 11.5 Å². The van der Waals surface area contributed by atoms with Gasteiger partial charge in [0.15, 0.2) is 5.82 Å². The Balaban J connectivity index is 2.23. The highest BCUT2D eigenvalue weighted by Gasteiger charge is 2.16. The van der Waals surface area contributed by atoms with Crippen molar-refractivity contribution in [3.8, 4) is 17.5 Å². The van der Waals surface area contributed by atoms with Crippen LogP contribution in [-0.4, -0.2) is 35.7 Å². The first kappa shape index (κ1) is 13.2. The predicted octanol–water partition coefficient (Wildman–Crippen LogP) is 1.17. The summed E-state index contributed by atoms with van der Waals surface area (Å²) < 4.78 is 5.18. The second-order valence-electron chi connectivity index (χ2n) is 4.52. The van der Waals surface area contributed by atoms with Gasteiger partial charge in [-0.3, -0.25) is 0 Å². The molecule has 0 amide bonds. The summed E-state index contributed by atoms with van der Waals surface area (Å²) in [6, 6.07) is 8.79. The molecule has 19 heavy (non-hydrogen) atoms. The van der Waals surface area contributed by atoms with E-state index in [1.54, 1.807) is 18.2 Å². The molecule has 0 saturated carbocycles. The van der Waals surface area contributed by atoms with Gasteiger partial charge < -0.3 is 15.2 Å². The van der Waals surface area contributed by atoms with E-state index in [2.05, 4.69) is 16.2 Å². The van der Waals surface area contributed by atoms with Crippen LogP contribution in [0, 0.1) is 11.3 Å². The lowest BCUT2D eigenvalue weighted by atomic mass is 10.1. The Bertz CT molecular complexity index is 599. The number of nitriles is 1. The fraction of sp³-hybridized carbons (Fsp3) is 0.308. The zero-order chi connectivity index (χ0) is 13.8. The Hall–Kier alpha value is -2.23. The number of hydrogen-bond donors (Lipinski definition) is 1. The average Bonchev–Trinajstić information content (AvgIpc) is 2.88. The fourth-order valence-electron chi connectivity index (χ4n) is 1.70. The molecular weight excluding hydrogens is 242 g/mol. The van der Waals surface area contributed by atoms with Crippen molar-refractivity contribution in [2.24, 2.45) is 5.73 Å². The van der Waals surface area contributed by atoms with Crippen LogP contribution in [0.15, 0.2) is 28.8 Å². The number of aromatic nitrogens is 2. The van der Waals surface area contributed by atoms with Gasteiger partial charge in [0, 0.05) is 12.1 Å². The zero-order valence-corrected chi connectivity index (χ0v) is 10.9. The van der Waals surface area contributed by atoms with E-state index in [0.29, 0.717) is 23.8 Å². The van der Waals surface area contributed by atoms with Gasteiger partial charge in [-0.2, -0.15) is 10.2 Å². The molecule has 0 fully saturated rings. The molecule has 0 aliphatic rings. The first-order valence-electron chi connectivity index (χ1n) is 5.84. The molecule has 0 saturated heterocycles. The van der Waals surface area contributed by atoms with Crippen molar-refractivity contribution >= 4 is 0 Å². The molecule has 2 rings (SSSR count). The number of nitrogens with zero attached hydrogens (tertiary/aromatic N) is 4. The van der Waals surface area contributed by atoms with Crippen LogP contribution in [-0.2, 0) is 0 Å². The van der Waals surface area contributed by atoms with Gasteiger partial charge in [0.05, 0.1) is 17.7 Å². The van der Waals surface area contributed by atoms with Crippen LogP contribution >= 0.6 is 0 Å². The van der Waals surface area contributed by atoms with Crippen molar-refractivity contribution < 1.29 is 4.52 Å². The molecule has 1 unspecified atom stereocenters. The standard InChI is InChI=1S/C13H15N5O/c1-18(2)8-11(15)12-16-13(19-17-12)10-5-3-4-9(6-10)7-14/h3-6,11H,8,15H2,1-2H3. The molecule has 1 atom stereocenters. The zero-order valence-electron chi connectivity index (χ0n) is 10.9. The van der Waals surface area contributed by atoms with Crippen LogP contribution in [0.1, 0.15) is 17.4 Å². The lowest BCUT2D eigenvalue weighted by Crippen LogP contribution is -2.26. The number of rotatable bonds is 4. The van der Waals surface area contributed by atoms with Crippen LogP contribution in [0.3, 0.4) is 0 Å². The maximum absolute atomic E-state index is 8.86. The van der Waals surface area contributed by atoms with Crippen LogP contribution in [0.5, 0.6) is 0 Å². The second kappa shape index (κ2) is 5.61. The van der Waals surface area contributed by atoms with Crippen molar-refractivity contribution in [3.63, 3.8) is 0 Å². The molecule has 2 aromatic rings. The first-order chi connectivity index (χ1) is 9.10. The Morgan fingerprint density at radius 3 is 2.95 bits per heavy atom. The molecule has 0 spiro atoms. The SMILES string of the molecule is CN(C)CC(N)c1noc(-c2cccc(C#N)c2)n1. The number of nitrogens with two attached hydrogens (primary N) is 1. The highest BCUT2D eigenvalue weighted by molar-refractivity contribution is 5.55. The number of benzene rings is 1. The smallest absolute Gasteiger partial charge is 0.258 e. The van der Waals surface area contributed by atoms with Gasteiger partial charge in [-0.15, -0.1) is 0 Å². The summed E-state index contributed by atoms with van der Waals surface area (Å²) in [6.07, 6.45) is 0. The molecular formula is C13H15N5O. The molecule has 6 heteroatoms. The van der Waals surface area contributed by atoms with Crippen molar-refractivity contribution in [3.05, 3.63) is 35.7 Å². The summed E-state index contributed by atoms with van der Waals surface area (Å²) in [4.78, 5) is 6.23. The second-order valence-corrected chi connectivity index (χ2v) is 4.52. The van der Waals surface area contributed by atoms with E-state index in [1.807, 2.05) is 25.1 Å². The fourth-order valence-corrected chi connectivity index (χ4v) is 1.70. The van der Waals surface area contributed by atoms with E-state index in [-0.39, 0.29) is 6.04 Å². The van der Waals surface area contributed by atoms with Crippen LogP contribution in [0.2, 0.25) is 0 Å². The predicted molar refractivity (Wildman–Crippen MR) is 69.9 cm³/mol. The average molecular weight is 257 g/mol. The molecule has 1 heterocycles. The monoisotopic (exact) mass is 257 g/mol. The normalized spacial score (nSPS) is 12.4. The molecule has 0 bridgehead atoms.